The Labute approximate surface area is 87.1 Å². The van der Waals surface area contributed by atoms with Crippen molar-refractivity contribution in [2.45, 2.75) is 68.7 Å². The van der Waals surface area contributed by atoms with E-state index in [1.54, 1.807) is 0 Å². The Hall–Kier alpha value is 0. The molecule has 0 bridgehead atoms. The van der Waals surface area contributed by atoms with Crippen LogP contribution < -0.4 is 0 Å². The lowest BCUT2D eigenvalue weighted by Gasteiger charge is -2.05. The van der Waals surface area contributed by atoms with Gasteiger partial charge in [0, 0.05) is 0 Å². The molecule has 0 unspecified atom stereocenters. The zero-order valence-corrected chi connectivity index (χ0v) is 11.4. The summed E-state index contributed by atoms with van der Waals surface area (Å²) in [7, 11) is 0. The summed E-state index contributed by atoms with van der Waals surface area (Å²) in [6.45, 7) is 19.7. The Balaban J connectivity index is -0.000000125. The van der Waals surface area contributed by atoms with Gasteiger partial charge in [-0.15, -0.1) is 0 Å². The minimum absolute atomic E-state index is 0.833. The molecule has 0 saturated carbocycles. The molecule has 0 aromatic heterocycles. The van der Waals surface area contributed by atoms with Gasteiger partial charge in [0.25, 0.3) is 0 Å². The van der Waals surface area contributed by atoms with Crippen molar-refractivity contribution in [1.29, 1.82) is 0 Å². The minimum atomic E-state index is 0.833. The molecule has 0 radical (unpaired) electrons. The Morgan fingerprint density at radius 2 is 0.692 bits per heavy atom. The Kier molecular flexibility index (Phi) is 20.9. The van der Waals surface area contributed by atoms with E-state index in [1.807, 2.05) is 0 Å². The molecule has 0 aromatic rings. The molecule has 0 nitrogen and oxygen atoms in total. The first-order valence-electron chi connectivity index (χ1n) is 5.79. The topological polar surface area (TPSA) is 0 Å². The highest BCUT2D eigenvalue weighted by atomic mass is 14.0. The van der Waals surface area contributed by atoms with Crippen molar-refractivity contribution < 1.29 is 0 Å². The monoisotopic (exact) mass is 188 g/mol. The van der Waals surface area contributed by atoms with Crippen LogP contribution in [0.3, 0.4) is 0 Å². The van der Waals surface area contributed by atoms with Crippen molar-refractivity contribution in [3.63, 3.8) is 0 Å². The average molecular weight is 188 g/mol. The van der Waals surface area contributed by atoms with Crippen LogP contribution in [0.1, 0.15) is 68.7 Å². The van der Waals surface area contributed by atoms with Crippen LogP contribution in [-0.2, 0) is 0 Å². The van der Waals surface area contributed by atoms with E-state index in [-0.39, 0.29) is 0 Å². The number of rotatable bonds is 1. The van der Waals surface area contributed by atoms with E-state index in [0.717, 1.165) is 17.8 Å². The largest absolute Gasteiger partial charge is 0.0656 e. The molecule has 13 heavy (non-hydrogen) atoms. The van der Waals surface area contributed by atoms with Gasteiger partial charge in [-0.1, -0.05) is 68.7 Å². The molecular formula is C13H32. The maximum absolute atomic E-state index is 2.24. The molecule has 0 atom stereocenters. The second-order valence-corrected chi connectivity index (χ2v) is 4.93. The van der Waals surface area contributed by atoms with Gasteiger partial charge in [0.1, 0.15) is 0 Å². The van der Waals surface area contributed by atoms with Crippen molar-refractivity contribution >= 4 is 0 Å². The predicted molar refractivity (Wildman–Crippen MR) is 66.2 cm³/mol. The van der Waals surface area contributed by atoms with E-state index in [1.165, 1.54) is 6.42 Å². The smallest absolute Gasteiger partial charge is 0.0448 e. The van der Waals surface area contributed by atoms with E-state index in [4.69, 9.17) is 0 Å². The zero-order valence-electron chi connectivity index (χ0n) is 11.4. The lowest BCUT2D eigenvalue weighted by molar-refractivity contribution is 0.457. The molecule has 0 spiro atoms. The molecular weight excluding hydrogens is 156 g/mol. The van der Waals surface area contributed by atoms with E-state index in [2.05, 4.69) is 62.3 Å². The lowest BCUT2D eigenvalue weighted by atomic mass is 10.0. The van der Waals surface area contributed by atoms with Gasteiger partial charge in [0.2, 0.25) is 0 Å². The fourth-order valence-corrected chi connectivity index (χ4v) is 0. The summed E-state index contributed by atoms with van der Waals surface area (Å²) in [5, 5.41) is 0. The quantitative estimate of drug-likeness (QED) is 0.518. The summed E-state index contributed by atoms with van der Waals surface area (Å²) >= 11 is 0. The molecule has 0 fully saturated rings. The lowest BCUT2D eigenvalue weighted by Crippen LogP contribution is -1.95. The van der Waals surface area contributed by atoms with Crippen molar-refractivity contribution in [3.8, 4) is 0 Å². The maximum Gasteiger partial charge on any atom is -0.0448 e. The van der Waals surface area contributed by atoms with Gasteiger partial charge in [0.15, 0.2) is 0 Å². The number of hydrogen-bond donors (Lipinski definition) is 0. The standard InChI is InChI=1S/C6H14.C4H10.C3H8/c1-5(2)6(3)4;1-4(2)3;1-3-2/h5-6H,1-4H3;4H,1-3H3;3H2,1-2H3. The van der Waals surface area contributed by atoms with Gasteiger partial charge in [0.05, 0.1) is 0 Å². The molecule has 0 aliphatic rings. The molecule has 0 rings (SSSR count). The molecule has 0 heterocycles. The highest BCUT2D eigenvalue weighted by Crippen LogP contribution is 2.05. The zero-order chi connectivity index (χ0) is 11.4. The average Bonchev–Trinajstić information content (AvgIpc) is 1.87. The second-order valence-electron chi connectivity index (χ2n) is 4.93. The van der Waals surface area contributed by atoms with Crippen LogP contribution in [0.4, 0.5) is 0 Å². The van der Waals surface area contributed by atoms with Crippen LogP contribution in [0, 0.1) is 17.8 Å². The highest BCUT2D eigenvalue weighted by Gasteiger charge is 1.95. The van der Waals surface area contributed by atoms with E-state index < -0.39 is 0 Å². The maximum atomic E-state index is 2.24. The van der Waals surface area contributed by atoms with Gasteiger partial charge in [-0.3, -0.25) is 0 Å². The number of hydrogen-bond acceptors (Lipinski definition) is 0. The second kappa shape index (κ2) is 14.5. The SMILES string of the molecule is CC(C)C.CC(C)C(C)C.CCC. The van der Waals surface area contributed by atoms with Crippen LogP contribution in [-0.4, -0.2) is 0 Å². The third-order valence-electron chi connectivity index (χ3n) is 1.33. The summed E-state index contributed by atoms with van der Waals surface area (Å²) < 4.78 is 0. The highest BCUT2D eigenvalue weighted by molar-refractivity contribution is 4.46. The fraction of sp³-hybridized carbons (Fsp3) is 1.00. The van der Waals surface area contributed by atoms with Crippen molar-refractivity contribution in [3.05, 3.63) is 0 Å². The van der Waals surface area contributed by atoms with Gasteiger partial charge in [-0.25, -0.2) is 0 Å². The third-order valence-corrected chi connectivity index (χ3v) is 1.33. The Morgan fingerprint density at radius 1 is 0.615 bits per heavy atom. The summed E-state index contributed by atoms with van der Waals surface area (Å²) in [6.07, 6.45) is 1.25. The first-order valence-corrected chi connectivity index (χ1v) is 5.79. The van der Waals surface area contributed by atoms with Crippen molar-refractivity contribution in [1.82, 2.24) is 0 Å². The summed E-state index contributed by atoms with van der Waals surface area (Å²) in [4.78, 5) is 0. The molecule has 0 heteroatoms. The molecule has 84 valence electrons. The molecule has 0 saturated heterocycles. The van der Waals surface area contributed by atoms with Crippen LogP contribution in [0.25, 0.3) is 0 Å². The van der Waals surface area contributed by atoms with Crippen LogP contribution in [0.5, 0.6) is 0 Å². The summed E-state index contributed by atoms with van der Waals surface area (Å²) in [5.41, 5.74) is 0. The molecule has 0 aliphatic heterocycles. The van der Waals surface area contributed by atoms with Gasteiger partial charge < -0.3 is 0 Å². The Bertz CT molecular complexity index is 51.7. The van der Waals surface area contributed by atoms with Gasteiger partial charge in [-0.2, -0.15) is 0 Å². The summed E-state index contributed by atoms with van der Waals surface area (Å²) in [5.74, 6) is 2.54. The van der Waals surface area contributed by atoms with Crippen LogP contribution in [0.2, 0.25) is 0 Å². The predicted octanol–water partition coefficient (Wildman–Crippen LogP) is 5.38. The molecule has 0 N–H and O–H groups in total. The molecule has 0 aliphatic carbocycles. The van der Waals surface area contributed by atoms with Crippen molar-refractivity contribution in [2.75, 3.05) is 0 Å². The van der Waals surface area contributed by atoms with Crippen molar-refractivity contribution in [2.24, 2.45) is 17.8 Å². The van der Waals surface area contributed by atoms with Gasteiger partial charge >= 0.3 is 0 Å². The van der Waals surface area contributed by atoms with Gasteiger partial charge in [-0.05, 0) is 17.8 Å². The molecule has 0 aromatic carbocycles. The first kappa shape index (κ1) is 18.7. The normalized spacial score (nSPS) is 9.23. The fourth-order valence-electron chi connectivity index (χ4n) is 0. The first-order chi connectivity index (χ1) is 5.79. The summed E-state index contributed by atoms with van der Waals surface area (Å²) in [6, 6.07) is 0. The van der Waals surface area contributed by atoms with E-state index in [9.17, 15) is 0 Å². The van der Waals surface area contributed by atoms with Crippen LogP contribution >= 0.6 is 0 Å². The van der Waals surface area contributed by atoms with E-state index >= 15 is 0 Å². The molecule has 0 amide bonds. The van der Waals surface area contributed by atoms with Crippen LogP contribution in [0.15, 0.2) is 0 Å². The minimum Gasteiger partial charge on any atom is -0.0656 e. The third kappa shape index (κ3) is 75.0. The van der Waals surface area contributed by atoms with E-state index in [0.29, 0.717) is 0 Å². The Morgan fingerprint density at radius 3 is 0.692 bits per heavy atom.